The van der Waals surface area contributed by atoms with Crippen LogP contribution >= 0.6 is 11.8 Å². The molecule has 0 amide bonds. The number of aromatic nitrogens is 2. The van der Waals surface area contributed by atoms with Crippen molar-refractivity contribution in [1.82, 2.24) is 9.55 Å². The fraction of sp³-hybridized carbons (Fsp3) is 0.222. The van der Waals surface area contributed by atoms with Gasteiger partial charge < -0.3 is 23.7 Å². The molecule has 0 bridgehead atoms. The molecular weight excluding hydrogens is 464 g/mol. The quantitative estimate of drug-likeness (QED) is 0.256. The maximum absolute atomic E-state index is 5.55. The first-order valence-electron chi connectivity index (χ1n) is 10.9. The van der Waals surface area contributed by atoms with Gasteiger partial charge in [0, 0.05) is 23.6 Å². The molecule has 0 unspecified atom stereocenters. The van der Waals surface area contributed by atoms with Crippen LogP contribution in [0.2, 0.25) is 0 Å². The highest BCUT2D eigenvalue weighted by Crippen LogP contribution is 2.42. The molecule has 0 aliphatic carbocycles. The zero-order valence-corrected chi connectivity index (χ0v) is 21.2. The molecule has 1 heterocycles. The molecule has 0 radical (unpaired) electrons. The molecule has 7 nitrogen and oxygen atoms in total. The number of hydrogen-bond donors (Lipinski definition) is 0. The van der Waals surface area contributed by atoms with Gasteiger partial charge in [-0.2, -0.15) is 0 Å². The van der Waals surface area contributed by atoms with Crippen molar-refractivity contribution in [2.45, 2.75) is 10.9 Å². The second-order valence-electron chi connectivity index (χ2n) is 7.51. The standard InChI is InChI=1S/C27H28N2O5S/c1-30-22-12-11-20(15-23(22)31-2)29-16-21(28-27(29)35-17-18-9-7-6-8-10-18)19-13-24(32-3)26(34-5)25(14-19)33-4/h6-16H,17H2,1-5H3. The van der Waals surface area contributed by atoms with Gasteiger partial charge in [0.15, 0.2) is 28.2 Å². The van der Waals surface area contributed by atoms with Crippen LogP contribution < -0.4 is 23.7 Å². The van der Waals surface area contributed by atoms with Gasteiger partial charge in [-0.1, -0.05) is 42.1 Å². The lowest BCUT2D eigenvalue weighted by Crippen LogP contribution is -1.98. The van der Waals surface area contributed by atoms with Crippen molar-refractivity contribution in [3.8, 4) is 45.7 Å². The van der Waals surface area contributed by atoms with E-state index in [1.54, 1.807) is 47.3 Å². The fourth-order valence-electron chi connectivity index (χ4n) is 3.72. The summed E-state index contributed by atoms with van der Waals surface area (Å²) in [6.45, 7) is 0. The summed E-state index contributed by atoms with van der Waals surface area (Å²) in [6, 6.07) is 19.9. The third kappa shape index (κ3) is 5.17. The van der Waals surface area contributed by atoms with Crippen molar-refractivity contribution in [1.29, 1.82) is 0 Å². The summed E-state index contributed by atoms with van der Waals surface area (Å²) in [5.74, 6) is 3.77. The van der Waals surface area contributed by atoms with E-state index < -0.39 is 0 Å². The minimum Gasteiger partial charge on any atom is -0.493 e. The smallest absolute Gasteiger partial charge is 0.203 e. The predicted octanol–water partition coefficient (Wildman–Crippen LogP) is 5.87. The van der Waals surface area contributed by atoms with Gasteiger partial charge in [0.25, 0.3) is 0 Å². The third-order valence-corrected chi connectivity index (χ3v) is 6.51. The van der Waals surface area contributed by atoms with Gasteiger partial charge in [-0.3, -0.25) is 4.57 Å². The van der Waals surface area contributed by atoms with Crippen LogP contribution in [0.25, 0.3) is 16.9 Å². The first kappa shape index (κ1) is 24.3. The Morgan fingerprint density at radius 3 is 1.97 bits per heavy atom. The summed E-state index contributed by atoms with van der Waals surface area (Å²) in [6.07, 6.45) is 2.00. The van der Waals surface area contributed by atoms with Gasteiger partial charge >= 0.3 is 0 Å². The van der Waals surface area contributed by atoms with Crippen molar-refractivity contribution in [3.63, 3.8) is 0 Å². The molecule has 0 saturated carbocycles. The maximum Gasteiger partial charge on any atom is 0.203 e. The monoisotopic (exact) mass is 492 g/mol. The lowest BCUT2D eigenvalue weighted by atomic mass is 10.1. The summed E-state index contributed by atoms with van der Waals surface area (Å²) in [7, 11) is 8.04. The first-order valence-corrected chi connectivity index (χ1v) is 11.9. The number of hydrogen-bond acceptors (Lipinski definition) is 7. The molecule has 182 valence electrons. The summed E-state index contributed by atoms with van der Waals surface area (Å²) >= 11 is 1.65. The average molecular weight is 493 g/mol. The van der Waals surface area contributed by atoms with Crippen LogP contribution in [0.3, 0.4) is 0 Å². The molecule has 0 aliphatic heterocycles. The van der Waals surface area contributed by atoms with Crippen LogP contribution in [-0.2, 0) is 5.75 Å². The largest absolute Gasteiger partial charge is 0.493 e. The number of nitrogens with zero attached hydrogens (tertiary/aromatic N) is 2. The Balaban J connectivity index is 1.81. The summed E-state index contributed by atoms with van der Waals surface area (Å²) < 4.78 is 29.6. The van der Waals surface area contributed by atoms with E-state index in [1.807, 2.05) is 59.3 Å². The van der Waals surface area contributed by atoms with E-state index in [4.69, 9.17) is 28.7 Å². The van der Waals surface area contributed by atoms with Crippen LogP contribution in [0, 0.1) is 0 Å². The lowest BCUT2D eigenvalue weighted by Gasteiger charge is -2.13. The predicted molar refractivity (Wildman–Crippen MR) is 138 cm³/mol. The molecule has 0 fully saturated rings. The average Bonchev–Trinajstić information content (AvgIpc) is 3.35. The molecule has 4 aromatic rings. The second kappa shape index (κ2) is 11.1. The van der Waals surface area contributed by atoms with Gasteiger partial charge in [0.05, 0.1) is 46.9 Å². The number of methoxy groups -OCH3 is 5. The van der Waals surface area contributed by atoms with Crippen LogP contribution in [0.1, 0.15) is 5.56 Å². The lowest BCUT2D eigenvalue weighted by molar-refractivity contribution is 0.324. The highest BCUT2D eigenvalue weighted by atomic mass is 32.2. The Kier molecular flexibility index (Phi) is 7.72. The van der Waals surface area contributed by atoms with E-state index in [9.17, 15) is 0 Å². The Morgan fingerprint density at radius 1 is 0.714 bits per heavy atom. The van der Waals surface area contributed by atoms with Crippen molar-refractivity contribution >= 4 is 11.8 Å². The van der Waals surface area contributed by atoms with Gasteiger partial charge in [-0.05, 0) is 29.8 Å². The number of thioether (sulfide) groups is 1. The van der Waals surface area contributed by atoms with Gasteiger partial charge in [-0.25, -0.2) is 4.98 Å². The third-order valence-electron chi connectivity index (χ3n) is 5.49. The molecule has 3 aromatic carbocycles. The molecule has 8 heteroatoms. The Morgan fingerprint density at radius 2 is 1.37 bits per heavy atom. The van der Waals surface area contributed by atoms with Crippen molar-refractivity contribution in [3.05, 3.63) is 72.4 Å². The number of benzene rings is 3. The molecule has 4 rings (SSSR count). The zero-order chi connectivity index (χ0) is 24.8. The topological polar surface area (TPSA) is 64.0 Å². The van der Waals surface area contributed by atoms with E-state index >= 15 is 0 Å². The summed E-state index contributed by atoms with van der Waals surface area (Å²) in [4.78, 5) is 4.98. The highest BCUT2D eigenvalue weighted by Gasteiger charge is 2.19. The molecule has 0 aliphatic rings. The molecule has 0 spiro atoms. The van der Waals surface area contributed by atoms with Crippen LogP contribution in [-0.4, -0.2) is 45.1 Å². The summed E-state index contributed by atoms with van der Waals surface area (Å²) in [5.41, 5.74) is 3.74. The molecular formula is C27H28N2O5S. The second-order valence-corrected chi connectivity index (χ2v) is 8.45. The summed E-state index contributed by atoms with van der Waals surface area (Å²) in [5, 5.41) is 0.838. The van der Waals surface area contributed by atoms with Crippen LogP contribution in [0.5, 0.6) is 28.7 Å². The molecule has 0 atom stereocenters. The Hall–Kier alpha value is -3.78. The van der Waals surface area contributed by atoms with Crippen molar-refractivity contribution in [2.24, 2.45) is 0 Å². The first-order chi connectivity index (χ1) is 17.1. The highest BCUT2D eigenvalue weighted by molar-refractivity contribution is 7.98. The molecule has 1 aromatic heterocycles. The normalized spacial score (nSPS) is 10.7. The molecule has 0 N–H and O–H groups in total. The Labute approximate surface area is 209 Å². The van der Waals surface area contributed by atoms with Gasteiger partial charge in [0.1, 0.15) is 0 Å². The maximum atomic E-state index is 5.55. The van der Waals surface area contributed by atoms with E-state index in [-0.39, 0.29) is 0 Å². The minimum atomic E-state index is 0.539. The van der Waals surface area contributed by atoms with Gasteiger partial charge in [0.2, 0.25) is 5.75 Å². The van der Waals surface area contributed by atoms with Crippen LogP contribution in [0.4, 0.5) is 0 Å². The SMILES string of the molecule is COc1ccc(-n2cc(-c3cc(OC)c(OC)c(OC)c3)nc2SCc2ccccc2)cc1OC. The van der Waals surface area contributed by atoms with Crippen molar-refractivity contribution in [2.75, 3.05) is 35.5 Å². The molecule has 0 saturated heterocycles. The molecule has 35 heavy (non-hydrogen) atoms. The minimum absolute atomic E-state index is 0.539. The van der Waals surface area contributed by atoms with Crippen LogP contribution in [0.15, 0.2) is 72.0 Å². The van der Waals surface area contributed by atoms with Crippen molar-refractivity contribution < 1.29 is 23.7 Å². The number of ether oxygens (including phenoxy) is 5. The van der Waals surface area contributed by atoms with E-state index in [2.05, 4.69) is 12.1 Å². The van der Waals surface area contributed by atoms with E-state index in [0.29, 0.717) is 28.7 Å². The van der Waals surface area contributed by atoms with E-state index in [1.165, 1.54) is 5.56 Å². The number of rotatable bonds is 10. The van der Waals surface area contributed by atoms with Gasteiger partial charge in [-0.15, -0.1) is 0 Å². The van der Waals surface area contributed by atoms with E-state index in [0.717, 1.165) is 27.9 Å². The Bertz CT molecular complexity index is 1270. The number of imidazole rings is 1. The fourth-order valence-corrected chi connectivity index (χ4v) is 4.66. The zero-order valence-electron chi connectivity index (χ0n) is 20.4.